The number of imidazole rings is 1. The van der Waals surface area contributed by atoms with Crippen LogP contribution >= 0.6 is 0 Å². The van der Waals surface area contributed by atoms with E-state index in [2.05, 4.69) is 15.3 Å². The molecule has 1 atom stereocenters. The number of ether oxygens (including phenoxy) is 2. The monoisotopic (exact) mass is 407 g/mol. The van der Waals surface area contributed by atoms with Crippen LogP contribution in [0.25, 0.3) is 11.4 Å². The maximum Gasteiger partial charge on any atom is 0.333 e. The summed E-state index contributed by atoms with van der Waals surface area (Å²) in [6.45, 7) is 4.42. The number of hydrogen-bond acceptors (Lipinski definition) is 6. The van der Waals surface area contributed by atoms with Crippen LogP contribution in [0.2, 0.25) is 0 Å². The number of hydrogen-bond donors (Lipinski definition) is 4. The van der Waals surface area contributed by atoms with Gasteiger partial charge in [-0.2, -0.15) is 0 Å². The number of rotatable bonds is 9. The lowest BCUT2D eigenvalue weighted by Gasteiger charge is -2.20. The SMILES string of the molecule is CCOC(=O)C(Nc1ccc(C(=N)N)cc1)c1cc(OCC)cc(-c2ncc[nH]2)c1. The van der Waals surface area contributed by atoms with Crippen molar-refractivity contribution in [2.75, 3.05) is 18.5 Å². The van der Waals surface area contributed by atoms with Gasteiger partial charge in [-0.3, -0.25) is 5.41 Å². The number of benzene rings is 2. The van der Waals surface area contributed by atoms with Crippen molar-refractivity contribution in [1.82, 2.24) is 9.97 Å². The fourth-order valence-electron chi connectivity index (χ4n) is 3.02. The minimum absolute atomic E-state index is 0.0176. The van der Waals surface area contributed by atoms with E-state index in [9.17, 15) is 4.79 Å². The van der Waals surface area contributed by atoms with E-state index in [4.69, 9.17) is 20.6 Å². The zero-order valence-corrected chi connectivity index (χ0v) is 16.9. The van der Waals surface area contributed by atoms with Gasteiger partial charge in [0, 0.05) is 29.2 Å². The fraction of sp³-hybridized carbons (Fsp3) is 0.227. The number of anilines is 1. The van der Waals surface area contributed by atoms with E-state index in [1.807, 2.05) is 25.1 Å². The van der Waals surface area contributed by atoms with Crippen LogP contribution in [-0.4, -0.2) is 35.0 Å². The summed E-state index contributed by atoms with van der Waals surface area (Å²) in [6.07, 6.45) is 3.40. The molecule has 156 valence electrons. The maximum absolute atomic E-state index is 12.8. The highest BCUT2D eigenvalue weighted by Crippen LogP contribution is 2.30. The van der Waals surface area contributed by atoms with E-state index >= 15 is 0 Å². The average molecular weight is 407 g/mol. The fourth-order valence-corrected chi connectivity index (χ4v) is 3.02. The van der Waals surface area contributed by atoms with Crippen LogP contribution < -0.4 is 15.8 Å². The molecular formula is C22H25N5O3. The topological polar surface area (TPSA) is 126 Å². The van der Waals surface area contributed by atoms with Crippen LogP contribution in [-0.2, 0) is 9.53 Å². The summed E-state index contributed by atoms with van der Waals surface area (Å²) < 4.78 is 11.0. The van der Waals surface area contributed by atoms with Crippen LogP contribution in [0.3, 0.4) is 0 Å². The van der Waals surface area contributed by atoms with Gasteiger partial charge in [-0.05, 0) is 61.9 Å². The Morgan fingerprint density at radius 1 is 1.20 bits per heavy atom. The van der Waals surface area contributed by atoms with Gasteiger partial charge < -0.3 is 25.5 Å². The van der Waals surface area contributed by atoms with Crippen molar-refractivity contribution in [3.05, 3.63) is 66.0 Å². The number of nitrogens with zero attached hydrogens (tertiary/aromatic N) is 1. The number of nitrogens with two attached hydrogens (primary N) is 1. The molecule has 8 heteroatoms. The number of aromatic nitrogens is 2. The van der Waals surface area contributed by atoms with Crippen LogP contribution in [0, 0.1) is 5.41 Å². The molecule has 3 rings (SSSR count). The van der Waals surface area contributed by atoms with Crippen molar-refractivity contribution < 1.29 is 14.3 Å². The van der Waals surface area contributed by atoms with E-state index in [1.54, 1.807) is 43.6 Å². The molecule has 8 nitrogen and oxygen atoms in total. The standard InChI is InChI=1S/C22H25N5O3/c1-3-29-18-12-15(11-16(13-18)21-25-9-10-26-21)19(22(28)30-4-2)27-17-7-5-14(6-8-17)20(23)24/h5-13,19,27H,3-4H2,1-2H3,(H3,23,24)(H,25,26). The minimum atomic E-state index is -0.762. The molecule has 0 saturated heterocycles. The zero-order valence-electron chi connectivity index (χ0n) is 16.9. The van der Waals surface area contributed by atoms with Crippen molar-refractivity contribution in [3.8, 4) is 17.1 Å². The second-order valence-corrected chi connectivity index (χ2v) is 6.48. The van der Waals surface area contributed by atoms with Crippen LogP contribution in [0.1, 0.15) is 31.0 Å². The lowest BCUT2D eigenvalue weighted by atomic mass is 10.0. The molecule has 0 aliphatic rings. The number of H-pyrrole nitrogens is 1. The molecule has 1 heterocycles. The van der Waals surface area contributed by atoms with Gasteiger partial charge in [-0.15, -0.1) is 0 Å². The third kappa shape index (κ3) is 4.96. The molecule has 0 saturated carbocycles. The molecule has 0 fully saturated rings. The highest BCUT2D eigenvalue weighted by atomic mass is 16.5. The smallest absolute Gasteiger partial charge is 0.333 e. The number of esters is 1. The molecule has 1 unspecified atom stereocenters. The quantitative estimate of drug-likeness (QED) is 0.244. The summed E-state index contributed by atoms with van der Waals surface area (Å²) in [5.74, 6) is 0.874. The summed E-state index contributed by atoms with van der Waals surface area (Å²) in [4.78, 5) is 20.2. The number of nitrogen functional groups attached to an aromatic ring is 1. The molecule has 2 aromatic carbocycles. The van der Waals surface area contributed by atoms with Gasteiger partial charge >= 0.3 is 5.97 Å². The third-order valence-corrected chi connectivity index (χ3v) is 4.37. The van der Waals surface area contributed by atoms with E-state index in [1.165, 1.54) is 0 Å². The van der Waals surface area contributed by atoms with Crippen molar-refractivity contribution in [2.24, 2.45) is 5.73 Å². The highest BCUT2D eigenvalue weighted by Gasteiger charge is 2.24. The molecule has 0 aliphatic heterocycles. The lowest BCUT2D eigenvalue weighted by molar-refractivity contribution is -0.144. The number of amidine groups is 1. The van der Waals surface area contributed by atoms with Gasteiger partial charge in [0.2, 0.25) is 0 Å². The second-order valence-electron chi connectivity index (χ2n) is 6.48. The van der Waals surface area contributed by atoms with Gasteiger partial charge in [0.1, 0.15) is 17.4 Å². The van der Waals surface area contributed by atoms with Crippen LogP contribution in [0.15, 0.2) is 54.9 Å². The molecule has 0 aliphatic carbocycles. The Kier molecular flexibility index (Phi) is 6.69. The molecule has 5 N–H and O–H groups in total. The van der Waals surface area contributed by atoms with Crippen molar-refractivity contribution >= 4 is 17.5 Å². The molecule has 0 radical (unpaired) electrons. The van der Waals surface area contributed by atoms with E-state index < -0.39 is 12.0 Å². The Hall–Kier alpha value is -3.81. The summed E-state index contributed by atoms with van der Waals surface area (Å²) in [6, 6.07) is 11.8. The van der Waals surface area contributed by atoms with Gasteiger partial charge in [0.05, 0.1) is 13.2 Å². The molecule has 3 aromatic rings. The Balaban J connectivity index is 2.00. The largest absolute Gasteiger partial charge is 0.494 e. The number of nitrogens with one attached hydrogen (secondary N) is 3. The lowest BCUT2D eigenvalue weighted by Crippen LogP contribution is -2.23. The number of carbonyl (C=O) groups excluding carboxylic acids is 1. The first-order chi connectivity index (χ1) is 14.5. The van der Waals surface area contributed by atoms with E-state index in [0.717, 1.165) is 5.56 Å². The number of carbonyl (C=O) groups is 1. The second kappa shape index (κ2) is 9.60. The first-order valence-electron chi connectivity index (χ1n) is 9.67. The molecule has 0 amide bonds. The predicted octanol–water partition coefficient (Wildman–Crippen LogP) is 3.48. The van der Waals surface area contributed by atoms with Gasteiger partial charge in [-0.25, -0.2) is 9.78 Å². The molecular weight excluding hydrogens is 382 g/mol. The van der Waals surface area contributed by atoms with Crippen LogP contribution in [0.5, 0.6) is 5.75 Å². The highest BCUT2D eigenvalue weighted by molar-refractivity contribution is 5.95. The summed E-state index contributed by atoms with van der Waals surface area (Å²) in [7, 11) is 0. The Morgan fingerprint density at radius 3 is 2.57 bits per heavy atom. The Morgan fingerprint density at radius 2 is 1.97 bits per heavy atom. The van der Waals surface area contributed by atoms with Gasteiger partial charge in [0.25, 0.3) is 0 Å². The average Bonchev–Trinajstić information content (AvgIpc) is 3.27. The third-order valence-electron chi connectivity index (χ3n) is 4.37. The first kappa shape index (κ1) is 20.9. The van der Waals surface area contributed by atoms with E-state index in [0.29, 0.717) is 35.0 Å². The van der Waals surface area contributed by atoms with Crippen LogP contribution in [0.4, 0.5) is 5.69 Å². The predicted molar refractivity (Wildman–Crippen MR) is 116 cm³/mol. The van der Waals surface area contributed by atoms with Crippen molar-refractivity contribution in [1.29, 1.82) is 5.41 Å². The molecule has 1 aromatic heterocycles. The van der Waals surface area contributed by atoms with Crippen molar-refractivity contribution in [3.63, 3.8) is 0 Å². The van der Waals surface area contributed by atoms with Crippen molar-refractivity contribution in [2.45, 2.75) is 19.9 Å². The zero-order chi connectivity index (χ0) is 21.5. The summed E-state index contributed by atoms with van der Waals surface area (Å²) in [5.41, 5.74) is 8.29. The molecule has 0 spiro atoms. The molecule has 0 bridgehead atoms. The van der Waals surface area contributed by atoms with Gasteiger partial charge in [0.15, 0.2) is 6.04 Å². The maximum atomic E-state index is 12.8. The number of aromatic amines is 1. The van der Waals surface area contributed by atoms with E-state index in [-0.39, 0.29) is 12.4 Å². The summed E-state index contributed by atoms with van der Waals surface area (Å²) in [5, 5.41) is 10.7. The molecule has 30 heavy (non-hydrogen) atoms. The first-order valence-corrected chi connectivity index (χ1v) is 9.67. The summed E-state index contributed by atoms with van der Waals surface area (Å²) >= 11 is 0. The minimum Gasteiger partial charge on any atom is -0.494 e. The van der Waals surface area contributed by atoms with Gasteiger partial charge in [-0.1, -0.05) is 0 Å². The Bertz CT molecular complexity index is 1000. The Labute approximate surface area is 174 Å². The normalized spacial score (nSPS) is 11.5.